The monoisotopic (exact) mass is 313 g/mol. The van der Waals surface area contributed by atoms with Gasteiger partial charge in [-0.15, -0.1) is 11.3 Å². The molecular weight excluding hydrogens is 298 g/mol. The number of fused-ring (bicyclic) bond motifs is 1. The predicted octanol–water partition coefficient (Wildman–Crippen LogP) is 3.18. The molecule has 5 nitrogen and oxygen atoms in total. The molecule has 0 radical (unpaired) electrons. The fourth-order valence-corrected chi connectivity index (χ4v) is 3.37. The predicted molar refractivity (Wildman–Crippen MR) is 86.1 cm³/mol. The van der Waals surface area contributed by atoms with Gasteiger partial charge in [-0.2, -0.15) is 0 Å². The molecule has 1 saturated heterocycles. The van der Waals surface area contributed by atoms with Gasteiger partial charge in [-0.3, -0.25) is 9.20 Å². The van der Waals surface area contributed by atoms with Crippen LogP contribution in [0.5, 0.6) is 0 Å². The summed E-state index contributed by atoms with van der Waals surface area (Å²) in [5, 5.41) is 4.97. The van der Waals surface area contributed by atoms with E-state index < -0.39 is 0 Å². The quantitative estimate of drug-likeness (QED) is 0.808. The van der Waals surface area contributed by atoms with Crippen LogP contribution in [-0.4, -0.2) is 28.0 Å². The summed E-state index contributed by atoms with van der Waals surface area (Å²) < 4.78 is 7.42. The molecule has 1 aromatic carbocycles. The van der Waals surface area contributed by atoms with Crippen LogP contribution in [0.4, 0.5) is 5.69 Å². The molecule has 1 aliphatic heterocycles. The summed E-state index contributed by atoms with van der Waals surface area (Å²) in [7, 11) is 0. The highest BCUT2D eigenvalue weighted by molar-refractivity contribution is 7.15. The molecule has 1 N–H and O–H groups in total. The summed E-state index contributed by atoms with van der Waals surface area (Å²) >= 11 is 1.59. The molecule has 1 atom stereocenters. The van der Waals surface area contributed by atoms with Crippen LogP contribution in [0.2, 0.25) is 0 Å². The summed E-state index contributed by atoms with van der Waals surface area (Å²) in [5.41, 5.74) is 2.55. The lowest BCUT2D eigenvalue weighted by atomic mass is 10.1. The van der Waals surface area contributed by atoms with Crippen molar-refractivity contribution in [1.82, 2.24) is 9.38 Å². The summed E-state index contributed by atoms with van der Waals surface area (Å²) in [4.78, 5) is 17.8. The smallest absolute Gasteiger partial charge is 0.253 e. The lowest BCUT2D eigenvalue weighted by molar-refractivity contribution is -0.124. The highest BCUT2D eigenvalue weighted by Crippen LogP contribution is 2.29. The van der Waals surface area contributed by atoms with E-state index in [2.05, 4.69) is 10.3 Å². The van der Waals surface area contributed by atoms with Gasteiger partial charge < -0.3 is 10.1 Å². The molecule has 2 aromatic heterocycles. The number of hydrogen-bond donors (Lipinski definition) is 1. The number of nitrogens with zero attached hydrogens (tertiary/aromatic N) is 2. The van der Waals surface area contributed by atoms with Crippen LogP contribution >= 0.6 is 11.3 Å². The fourth-order valence-electron chi connectivity index (χ4n) is 2.67. The van der Waals surface area contributed by atoms with Crippen molar-refractivity contribution < 1.29 is 9.53 Å². The molecule has 0 aliphatic carbocycles. The SMILES string of the molecule is O=C(Nc1ccccc1-c1cn2ccsc2n1)C1CCCO1. The van der Waals surface area contributed by atoms with Gasteiger partial charge in [0.2, 0.25) is 0 Å². The van der Waals surface area contributed by atoms with Gasteiger partial charge in [0.15, 0.2) is 4.96 Å². The van der Waals surface area contributed by atoms with Crippen molar-refractivity contribution in [3.63, 3.8) is 0 Å². The standard InChI is InChI=1S/C16H15N3O2S/c20-15(14-6-3-8-21-14)17-12-5-2-1-4-11(12)13-10-19-7-9-22-16(19)18-13/h1-2,4-5,7,9-10,14H,3,6,8H2,(H,17,20). The third kappa shape index (κ3) is 2.40. The van der Waals surface area contributed by atoms with Crippen LogP contribution in [0, 0.1) is 0 Å². The number of rotatable bonds is 3. The van der Waals surface area contributed by atoms with Gasteiger partial charge in [-0.05, 0) is 18.9 Å². The largest absolute Gasteiger partial charge is 0.368 e. The first kappa shape index (κ1) is 13.5. The molecule has 1 unspecified atom stereocenters. The second-order valence-corrected chi connectivity index (χ2v) is 6.13. The first-order valence-corrected chi connectivity index (χ1v) is 8.13. The summed E-state index contributed by atoms with van der Waals surface area (Å²) in [6, 6.07) is 7.73. The number of amides is 1. The van der Waals surface area contributed by atoms with Gasteiger partial charge in [-0.1, -0.05) is 18.2 Å². The van der Waals surface area contributed by atoms with Crippen molar-refractivity contribution >= 4 is 27.9 Å². The molecule has 4 rings (SSSR count). The Bertz CT molecular complexity index is 789. The minimum atomic E-state index is -0.335. The Morgan fingerprint density at radius 3 is 3.14 bits per heavy atom. The average Bonchev–Trinajstić information content (AvgIpc) is 3.24. The molecule has 3 aromatic rings. The van der Waals surface area contributed by atoms with Crippen LogP contribution in [0.3, 0.4) is 0 Å². The Morgan fingerprint density at radius 1 is 1.41 bits per heavy atom. The topological polar surface area (TPSA) is 55.6 Å². The van der Waals surface area contributed by atoms with Gasteiger partial charge in [0.1, 0.15) is 6.10 Å². The van der Waals surface area contributed by atoms with Gasteiger partial charge >= 0.3 is 0 Å². The highest BCUT2D eigenvalue weighted by Gasteiger charge is 2.24. The van der Waals surface area contributed by atoms with Gasteiger partial charge in [0.05, 0.1) is 11.4 Å². The van der Waals surface area contributed by atoms with Crippen LogP contribution in [0.15, 0.2) is 42.0 Å². The van der Waals surface area contributed by atoms with Crippen molar-refractivity contribution in [2.45, 2.75) is 18.9 Å². The van der Waals surface area contributed by atoms with Gasteiger partial charge in [-0.25, -0.2) is 4.98 Å². The van der Waals surface area contributed by atoms with Crippen molar-refractivity contribution in [3.05, 3.63) is 42.0 Å². The number of nitrogens with one attached hydrogen (secondary N) is 1. The number of benzene rings is 1. The number of para-hydroxylation sites is 1. The van der Waals surface area contributed by atoms with E-state index in [1.54, 1.807) is 11.3 Å². The van der Waals surface area contributed by atoms with Crippen LogP contribution < -0.4 is 5.32 Å². The Hall–Kier alpha value is -2.18. The van der Waals surface area contributed by atoms with Crippen LogP contribution in [-0.2, 0) is 9.53 Å². The molecular formula is C16H15N3O2S. The lowest BCUT2D eigenvalue weighted by Gasteiger charge is -2.13. The van der Waals surface area contributed by atoms with Crippen molar-refractivity contribution in [2.75, 3.05) is 11.9 Å². The first-order valence-electron chi connectivity index (χ1n) is 7.25. The first-order chi connectivity index (χ1) is 10.8. The number of aromatic nitrogens is 2. The van der Waals surface area contributed by atoms with Crippen LogP contribution in [0.25, 0.3) is 16.2 Å². The molecule has 0 spiro atoms. The molecule has 0 bridgehead atoms. The fraction of sp³-hybridized carbons (Fsp3) is 0.250. The van der Waals surface area contributed by atoms with E-state index in [0.717, 1.165) is 34.7 Å². The summed E-state index contributed by atoms with van der Waals surface area (Å²) in [6.07, 6.45) is 5.34. The van der Waals surface area contributed by atoms with E-state index in [9.17, 15) is 4.79 Å². The molecule has 112 valence electrons. The summed E-state index contributed by atoms with van der Waals surface area (Å²) in [6.45, 7) is 0.664. The van der Waals surface area contributed by atoms with Crippen molar-refractivity contribution in [2.24, 2.45) is 0 Å². The molecule has 22 heavy (non-hydrogen) atoms. The number of hydrogen-bond acceptors (Lipinski definition) is 4. The average molecular weight is 313 g/mol. The van der Waals surface area contributed by atoms with Crippen molar-refractivity contribution in [3.8, 4) is 11.3 Å². The molecule has 1 amide bonds. The van der Waals surface area contributed by atoms with Gasteiger partial charge in [0, 0.05) is 29.9 Å². The van der Waals surface area contributed by atoms with E-state index in [1.165, 1.54) is 0 Å². The molecule has 6 heteroatoms. The molecule has 1 aliphatic rings. The maximum atomic E-state index is 12.3. The van der Waals surface area contributed by atoms with E-state index in [1.807, 2.05) is 46.4 Å². The van der Waals surface area contributed by atoms with E-state index >= 15 is 0 Å². The van der Waals surface area contributed by atoms with E-state index in [-0.39, 0.29) is 12.0 Å². The molecule has 3 heterocycles. The third-order valence-electron chi connectivity index (χ3n) is 3.78. The van der Waals surface area contributed by atoms with Gasteiger partial charge in [0.25, 0.3) is 5.91 Å². The zero-order valence-electron chi connectivity index (χ0n) is 11.9. The lowest BCUT2D eigenvalue weighted by Crippen LogP contribution is -2.27. The number of ether oxygens (including phenoxy) is 1. The minimum Gasteiger partial charge on any atom is -0.368 e. The Balaban J connectivity index is 1.65. The normalized spacial score (nSPS) is 17.9. The molecule has 0 saturated carbocycles. The minimum absolute atomic E-state index is 0.0778. The number of anilines is 1. The number of thiazole rings is 1. The summed E-state index contributed by atoms with van der Waals surface area (Å²) in [5.74, 6) is -0.0778. The maximum absolute atomic E-state index is 12.3. The van der Waals surface area contributed by atoms with Crippen molar-refractivity contribution in [1.29, 1.82) is 0 Å². The highest BCUT2D eigenvalue weighted by atomic mass is 32.1. The zero-order chi connectivity index (χ0) is 14.9. The second-order valence-electron chi connectivity index (χ2n) is 5.26. The van der Waals surface area contributed by atoms with E-state index in [0.29, 0.717) is 6.61 Å². The Kier molecular flexibility index (Phi) is 3.40. The number of imidazole rings is 1. The number of carbonyl (C=O) groups is 1. The second kappa shape index (κ2) is 5.55. The van der Waals surface area contributed by atoms with Crippen LogP contribution in [0.1, 0.15) is 12.8 Å². The van der Waals surface area contributed by atoms with E-state index in [4.69, 9.17) is 4.74 Å². The zero-order valence-corrected chi connectivity index (χ0v) is 12.7. The maximum Gasteiger partial charge on any atom is 0.253 e. The Morgan fingerprint density at radius 2 is 2.32 bits per heavy atom. The Labute approximate surface area is 131 Å². The third-order valence-corrected chi connectivity index (χ3v) is 4.55. The molecule has 1 fully saturated rings. The number of carbonyl (C=O) groups excluding carboxylic acids is 1.